The average Bonchev–Trinajstić information content (AvgIpc) is 2.94. The maximum absolute atomic E-state index is 4.34. The molecule has 17 heavy (non-hydrogen) atoms. The van der Waals surface area contributed by atoms with E-state index in [1.54, 1.807) is 6.33 Å². The number of benzene rings is 1. The molecule has 0 unspecified atom stereocenters. The van der Waals surface area contributed by atoms with Gasteiger partial charge in [0, 0.05) is 23.1 Å². The van der Waals surface area contributed by atoms with Crippen LogP contribution in [-0.4, -0.2) is 29.3 Å². The van der Waals surface area contributed by atoms with Crippen LogP contribution in [0.1, 0.15) is 5.56 Å². The average molecular weight is 296 g/mol. The van der Waals surface area contributed by atoms with Crippen molar-refractivity contribution >= 4 is 32.7 Å². The Labute approximate surface area is 108 Å². The molecule has 3 rings (SSSR count). The molecule has 0 atom stereocenters. The van der Waals surface area contributed by atoms with Gasteiger partial charge in [-0.3, -0.25) is 10.6 Å². The third kappa shape index (κ3) is 1.92. The molecule has 0 spiro atoms. The molecule has 0 amide bonds. The van der Waals surface area contributed by atoms with Crippen molar-refractivity contribution in [3.63, 3.8) is 0 Å². The van der Waals surface area contributed by atoms with E-state index >= 15 is 0 Å². The fourth-order valence-electron chi connectivity index (χ4n) is 2.14. The number of hydrogen-bond acceptors (Lipinski definition) is 4. The van der Waals surface area contributed by atoms with Crippen LogP contribution in [0, 0.1) is 6.92 Å². The van der Waals surface area contributed by atoms with E-state index in [1.165, 1.54) is 0 Å². The summed E-state index contributed by atoms with van der Waals surface area (Å²) in [5, 5.41) is 10.1. The van der Waals surface area contributed by atoms with Gasteiger partial charge in [-0.15, -0.1) is 0 Å². The van der Waals surface area contributed by atoms with Gasteiger partial charge < -0.3 is 10.3 Å². The van der Waals surface area contributed by atoms with E-state index in [4.69, 9.17) is 0 Å². The van der Waals surface area contributed by atoms with Gasteiger partial charge >= 0.3 is 0 Å². The Kier molecular flexibility index (Phi) is 2.78. The monoisotopic (exact) mass is 295 g/mol. The predicted octanol–water partition coefficient (Wildman–Crippen LogP) is 1.52. The molecular weight excluding hydrogens is 282 g/mol. The number of anilines is 1. The topological polar surface area (TPSA) is 64.8 Å². The zero-order valence-electron chi connectivity index (χ0n) is 9.47. The molecule has 1 saturated heterocycles. The van der Waals surface area contributed by atoms with E-state index in [1.807, 2.05) is 6.07 Å². The van der Waals surface area contributed by atoms with Gasteiger partial charge in [0.05, 0.1) is 23.0 Å². The third-order valence-corrected chi connectivity index (χ3v) is 3.64. The number of halogens is 1. The van der Waals surface area contributed by atoms with Crippen LogP contribution in [-0.2, 0) is 0 Å². The number of nitrogens with one attached hydrogen (secondary N) is 4. The normalized spacial score (nSPS) is 16.8. The second kappa shape index (κ2) is 4.29. The molecule has 6 heteroatoms. The molecule has 2 aromatic rings. The molecule has 90 valence electrons. The summed E-state index contributed by atoms with van der Waals surface area (Å²) in [5.41, 5.74) is 4.28. The summed E-state index contributed by atoms with van der Waals surface area (Å²) in [4.78, 5) is 7.46. The fraction of sp³-hybridized carbons (Fsp3) is 0.364. The third-order valence-electron chi connectivity index (χ3n) is 3.02. The minimum Gasteiger partial charge on any atom is -0.356 e. The van der Waals surface area contributed by atoms with Crippen molar-refractivity contribution in [2.24, 2.45) is 0 Å². The highest BCUT2D eigenvalue weighted by molar-refractivity contribution is 9.10. The second-order valence-corrected chi connectivity index (χ2v) is 5.00. The van der Waals surface area contributed by atoms with E-state index in [0.29, 0.717) is 0 Å². The van der Waals surface area contributed by atoms with Crippen LogP contribution in [0.3, 0.4) is 0 Å². The van der Waals surface area contributed by atoms with Crippen molar-refractivity contribution in [2.75, 3.05) is 18.4 Å². The van der Waals surface area contributed by atoms with Crippen LogP contribution in [0.4, 0.5) is 5.69 Å². The summed E-state index contributed by atoms with van der Waals surface area (Å²) >= 11 is 3.59. The summed E-state index contributed by atoms with van der Waals surface area (Å²) in [7, 11) is 0. The number of nitrogens with zero attached hydrogens (tertiary/aromatic N) is 1. The zero-order chi connectivity index (χ0) is 11.8. The first-order valence-electron chi connectivity index (χ1n) is 5.61. The van der Waals surface area contributed by atoms with E-state index in [2.05, 4.69) is 48.8 Å². The smallest absolute Gasteiger partial charge is 0.132 e. The number of aromatic amines is 1. The van der Waals surface area contributed by atoms with Gasteiger partial charge in [-0.1, -0.05) is 0 Å². The molecule has 0 aliphatic carbocycles. The molecule has 1 aliphatic heterocycles. The van der Waals surface area contributed by atoms with Crippen molar-refractivity contribution in [1.82, 2.24) is 20.6 Å². The van der Waals surface area contributed by atoms with Crippen molar-refractivity contribution in [3.05, 3.63) is 22.4 Å². The van der Waals surface area contributed by atoms with Gasteiger partial charge in [0.25, 0.3) is 0 Å². The molecule has 1 fully saturated rings. The van der Waals surface area contributed by atoms with E-state index < -0.39 is 0 Å². The first-order valence-corrected chi connectivity index (χ1v) is 6.40. The fourth-order valence-corrected chi connectivity index (χ4v) is 2.78. The molecule has 5 nitrogen and oxygen atoms in total. The van der Waals surface area contributed by atoms with Gasteiger partial charge in [-0.2, -0.15) is 0 Å². The van der Waals surface area contributed by atoms with Gasteiger partial charge in [0.15, 0.2) is 0 Å². The lowest BCUT2D eigenvalue weighted by Crippen LogP contribution is -2.39. The van der Waals surface area contributed by atoms with Crippen molar-refractivity contribution in [2.45, 2.75) is 13.2 Å². The van der Waals surface area contributed by atoms with E-state index in [-0.39, 0.29) is 6.29 Å². The number of rotatable bonds is 2. The number of fused-ring (bicyclic) bond motifs is 1. The summed E-state index contributed by atoms with van der Waals surface area (Å²) in [6.07, 6.45) is 1.85. The van der Waals surface area contributed by atoms with Crippen LogP contribution >= 0.6 is 15.9 Å². The Morgan fingerprint density at radius 1 is 1.41 bits per heavy atom. The second-order valence-electron chi connectivity index (χ2n) is 4.14. The number of aryl methyl sites for hydroxylation is 1. The van der Waals surface area contributed by atoms with Gasteiger partial charge in [0.1, 0.15) is 6.29 Å². The molecular formula is C11H14BrN5. The minimum atomic E-state index is 0.126. The Morgan fingerprint density at radius 2 is 2.18 bits per heavy atom. The maximum Gasteiger partial charge on any atom is 0.132 e. The van der Waals surface area contributed by atoms with E-state index in [9.17, 15) is 0 Å². The van der Waals surface area contributed by atoms with Crippen molar-refractivity contribution in [3.8, 4) is 0 Å². The van der Waals surface area contributed by atoms with Crippen LogP contribution in [0.15, 0.2) is 16.9 Å². The molecule has 4 N–H and O–H groups in total. The first-order chi connectivity index (χ1) is 8.25. The highest BCUT2D eigenvalue weighted by atomic mass is 79.9. The lowest BCUT2D eigenvalue weighted by molar-refractivity contribution is 0.620. The molecule has 0 radical (unpaired) electrons. The van der Waals surface area contributed by atoms with Gasteiger partial charge in [-0.05, 0) is 28.9 Å². The standard InChI is InChI=1S/C11H14BrN5/c1-6-9(17-11-13-2-3-14-11)7(12)4-8-10(6)16-5-15-8/h4-5,11,13-14,17H,2-3H2,1H3,(H,15,16). The summed E-state index contributed by atoms with van der Waals surface area (Å²) in [6, 6.07) is 2.05. The largest absolute Gasteiger partial charge is 0.356 e. The van der Waals surface area contributed by atoms with Crippen molar-refractivity contribution in [1.29, 1.82) is 0 Å². The lowest BCUT2D eigenvalue weighted by Gasteiger charge is -2.18. The number of aromatic nitrogens is 2. The van der Waals surface area contributed by atoms with Crippen LogP contribution in [0.2, 0.25) is 0 Å². The molecule has 2 heterocycles. The predicted molar refractivity (Wildman–Crippen MR) is 71.9 cm³/mol. The Morgan fingerprint density at radius 3 is 2.94 bits per heavy atom. The lowest BCUT2D eigenvalue weighted by atomic mass is 10.1. The van der Waals surface area contributed by atoms with Crippen LogP contribution in [0.5, 0.6) is 0 Å². The SMILES string of the molecule is Cc1c(NC2NCCN2)c(Br)cc2[nH]cnc12. The molecule has 1 aromatic heterocycles. The first kappa shape index (κ1) is 11.0. The minimum absolute atomic E-state index is 0.126. The number of H-pyrrole nitrogens is 1. The quantitative estimate of drug-likeness (QED) is 0.678. The van der Waals surface area contributed by atoms with Crippen molar-refractivity contribution < 1.29 is 0 Å². The number of imidazole rings is 1. The Balaban J connectivity index is 2.01. The van der Waals surface area contributed by atoms with Crippen LogP contribution < -0.4 is 16.0 Å². The molecule has 0 saturated carbocycles. The Bertz CT molecular complexity index is 544. The number of hydrogen-bond donors (Lipinski definition) is 4. The Hall–Kier alpha value is -1.11. The highest BCUT2D eigenvalue weighted by Gasteiger charge is 2.16. The zero-order valence-corrected chi connectivity index (χ0v) is 11.1. The van der Waals surface area contributed by atoms with Gasteiger partial charge in [-0.25, -0.2) is 4.98 Å². The molecule has 0 bridgehead atoms. The van der Waals surface area contributed by atoms with E-state index in [0.717, 1.165) is 39.8 Å². The molecule has 1 aromatic carbocycles. The summed E-state index contributed by atoms with van der Waals surface area (Å²) in [6.45, 7) is 4.04. The summed E-state index contributed by atoms with van der Waals surface area (Å²) < 4.78 is 1.04. The summed E-state index contributed by atoms with van der Waals surface area (Å²) in [5.74, 6) is 0. The highest BCUT2D eigenvalue weighted by Crippen LogP contribution is 2.31. The maximum atomic E-state index is 4.34. The van der Waals surface area contributed by atoms with Gasteiger partial charge in [0.2, 0.25) is 0 Å². The van der Waals surface area contributed by atoms with Crippen LogP contribution in [0.25, 0.3) is 11.0 Å². The molecule has 1 aliphatic rings.